The van der Waals surface area contributed by atoms with E-state index in [2.05, 4.69) is 10.9 Å². The van der Waals surface area contributed by atoms with Crippen molar-refractivity contribution < 1.29 is 0 Å². The molecule has 0 aliphatic carbocycles. The molecule has 40 valence electrons. The topological polar surface area (TPSA) is 12.9 Å². The molecule has 0 saturated heterocycles. The fraction of sp³-hybridized carbons (Fsp3) is 0. The van der Waals surface area contributed by atoms with Gasteiger partial charge in [0.15, 0.2) is 0 Å². The largest absolute Gasteiger partial charge is 0.259 e. The molecular weight excluding hydrogens is 122 g/mol. The number of nitrogens with zero attached hydrogens (tertiary/aromatic N) is 1. The van der Waals surface area contributed by atoms with Gasteiger partial charge in [-0.3, -0.25) is 4.98 Å². The molecule has 1 nitrogen and oxygen atoms in total. The molecule has 0 aliphatic rings. The van der Waals surface area contributed by atoms with Gasteiger partial charge in [-0.2, -0.15) is 0 Å². The molecule has 0 aromatic carbocycles. The van der Waals surface area contributed by atoms with E-state index in [1.807, 2.05) is 12.1 Å². The fourth-order valence-corrected chi connectivity index (χ4v) is 0.530. The van der Waals surface area contributed by atoms with E-state index in [0.717, 1.165) is 0 Å². The van der Waals surface area contributed by atoms with Crippen molar-refractivity contribution >= 4 is 11.6 Å². The molecule has 0 N–H and O–H groups in total. The van der Waals surface area contributed by atoms with Crippen LogP contribution in [0.1, 0.15) is 5.69 Å². The Bertz CT molecular complexity index is 150. The average molecular weight is 126 g/mol. The molecule has 0 bridgehead atoms. The second-order valence-corrected chi connectivity index (χ2v) is 1.50. The lowest BCUT2D eigenvalue weighted by Gasteiger charge is -1.85. The summed E-state index contributed by atoms with van der Waals surface area (Å²) in [6, 6.07) is 5.47. The molecule has 0 amide bonds. The summed E-state index contributed by atoms with van der Waals surface area (Å²) in [7, 11) is 0. The second-order valence-electron chi connectivity index (χ2n) is 1.31. The summed E-state index contributed by atoms with van der Waals surface area (Å²) in [5.74, 6) is 2.39. The summed E-state index contributed by atoms with van der Waals surface area (Å²) in [6.45, 7) is 0. The van der Waals surface area contributed by atoms with E-state index in [-0.39, 0.29) is 0 Å². The van der Waals surface area contributed by atoms with E-state index in [4.69, 9.17) is 11.6 Å². The third kappa shape index (κ3) is 1.20. The Morgan fingerprint density at radius 1 is 1.50 bits per heavy atom. The zero-order valence-corrected chi connectivity index (χ0v) is 4.89. The average Bonchev–Trinajstić information content (AvgIpc) is 1.90. The molecule has 0 spiro atoms. The molecule has 1 heterocycles. The number of aromatic nitrogens is 1. The SMILES string of the molecule is Cl[C]c1ccccn1. The first-order valence-electron chi connectivity index (χ1n) is 2.21. The van der Waals surface area contributed by atoms with Crippen LogP contribution in [0.2, 0.25) is 0 Å². The first-order valence-corrected chi connectivity index (χ1v) is 2.59. The maximum Gasteiger partial charge on any atom is 0.140 e. The molecular formula is C6H4ClN. The minimum absolute atomic E-state index is 0.675. The van der Waals surface area contributed by atoms with Crippen molar-refractivity contribution in [1.82, 2.24) is 4.98 Å². The highest BCUT2D eigenvalue weighted by atomic mass is 35.5. The Morgan fingerprint density at radius 3 is 2.75 bits per heavy atom. The zero-order chi connectivity index (χ0) is 5.82. The Labute approximate surface area is 53.3 Å². The van der Waals surface area contributed by atoms with Crippen LogP contribution in [0.25, 0.3) is 0 Å². The number of halogens is 1. The molecule has 1 aromatic heterocycles. The Balaban J connectivity index is 2.83. The van der Waals surface area contributed by atoms with Gasteiger partial charge < -0.3 is 0 Å². The van der Waals surface area contributed by atoms with Crippen molar-refractivity contribution in [2.24, 2.45) is 0 Å². The molecule has 8 heavy (non-hydrogen) atoms. The summed E-state index contributed by atoms with van der Waals surface area (Å²) >= 11 is 5.21. The van der Waals surface area contributed by atoms with Crippen LogP contribution in [0.3, 0.4) is 0 Å². The maximum absolute atomic E-state index is 5.21. The van der Waals surface area contributed by atoms with E-state index in [1.54, 1.807) is 12.3 Å². The molecule has 0 aliphatic heterocycles. The van der Waals surface area contributed by atoms with Crippen molar-refractivity contribution in [3.05, 3.63) is 36.0 Å². The van der Waals surface area contributed by atoms with E-state index in [9.17, 15) is 0 Å². The van der Waals surface area contributed by atoms with Gasteiger partial charge in [-0.1, -0.05) is 6.07 Å². The molecule has 1 aromatic rings. The lowest BCUT2D eigenvalue weighted by molar-refractivity contribution is 1.26. The predicted octanol–water partition coefficient (Wildman–Crippen LogP) is 1.71. The van der Waals surface area contributed by atoms with Crippen LogP contribution in [-0.4, -0.2) is 4.98 Å². The third-order valence-corrected chi connectivity index (χ3v) is 0.955. The smallest absolute Gasteiger partial charge is 0.140 e. The highest BCUT2D eigenvalue weighted by molar-refractivity contribution is 6.24. The number of hydrogen-bond donors (Lipinski definition) is 0. The quantitative estimate of drug-likeness (QED) is 0.557. The Morgan fingerprint density at radius 2 is 2.38 bits per heavy atom. The fourth-order valence-electron chi connectivity index (χ4n) is 0.419. The van der Waals surface area contributed by atoms with Gasteiger partial charge in [0.1, 0.15) is 5.88 Å². The normalized spacial score (nSPS) is 9.12. The van der Waals surface area contributed by atoms with Crippen molar-refractivity contribution in [2.45, 2.75) is 0 Å². The molecule has 1 rings (SSSR count). The minimum atomic E-state index is 0.675. The number of rotatable bonds is 1. The van der Waals surface area contributed by atoms with Crippen molar-refractivity contribution in [3.8, 4) is 0 Å². The van der Waals surface area contributed by atoms with Gasteiger partial charge in [-0.15, -0.1) is 11.6 Å². The van der Waals surface area contributed by atoms with Gasteiger partial charge in [0.05, 0.1) is 5.69 Å². The van der Waals surface area contributed by atoms with Gasteiger partial charge in [-0.05, 0) is 12.1 Å². The van der Waals surface area contributed by atoms with Gasteiger partial charge in [0, 0.05) is 6.20 Å². The first kappa shape index (κ1) is 5.57. The van der Waals surface area contributed by atoms with E-state index in [0.29, 0.717) is 5.69 Å². The van der Waals surface area contributed by atoms with Crippen LogP contribution in [0.5, 0.6) is 0 Å². The van der Waals surface area contributed by atoms with E-state index in [1.165, 1.54) is 0 Å². The molecule has 0 unspecified atom stereocenters. The standard InChI is InChI=1S/C6H4ClN/c7-5-6-3-1-2-4-8-6/h1-4H. The van der Waals surface area contributed by atoms with Crippen LogP contribution in [0, 0.1) is 5.88 Å². The van der Waals surface area contributed by atoms with Crippen molar-refractivity contribution in [3.63, 3.8) is 0 Å². The minimum Gasteiger partial charge on any atom is -0.259 e. The molecule has 0 saturated carbocycles. The maximum atomic E-state index is 5.21. The molecule has 0 atom stereocenters. The Kier molecular flexibility index (Phi) is 1.86. The first-order chi connectivity index (χ1) is 3.93. The molecule has 2 heteroatoms. The predicted molar refractivity (Wildman–Crippen MR) is 32.4 cm³/mol. The highest BCUT2D eigenvalue weighted by Gasteiger charge is 1.85. The van der Waals surface area contributed by atoms with Gasteiger partial charge in [-0.25, -0.2) is 0 Å². The van der Waals surface area contributed by atoms with Crippen LogP contribution in [0.15, 0.2) is 24.4 Å². The van der Waals surface area contributed by atoms with Crippen LogP contribution >= 0.6 is 11.6 Å². The number of hydrogen-bond acceptors (Lipinski definition) is 1. The van der Waals surface area contributed by atoms with Crippen LogP contribution in [0.4, 0.5) is 0 Å². The summed E-state index contributed by atoms with van der Waals surface area (Å²) < 4.78 is 0. The monoisotopic (exact) mass is 125 g/mol. The summed E-state index contributed by atoms with van der Waals surface area (Å²) in [4.78, 5) is 3.85. The molecule has 0 fully saturated rings. The number of pyridine rings is 1. The summed E-state index contributed by atoms with van der Waals surface area (Å²) in [6.07, 6.45) is 1.67. The second kappa shape index (κ2) is 2.68. The highest BCUT2D eigenvalue weighted by Crippen LogP contribution is 1.98. The lowest BCUT2D eigenvalue weighted by Crippen LogP contribution is -1.77. The Hall–Kier alpha value is -0.560. The summed E-state index contributed by atoms with van der Waals surface area (Å²) in [5.41, 5.74) is 0.675. The van der Waals surface area contributed by atoms with Gasteiger partial charge >= 0.3 is 0 Å². The van der Waals surface area contributed by atoms with Gasteiger partial charge in [0.25, 0.3) is 0 Å². The summed E-state index contributed by atoms with van der Waals surface area (Å²) in [5, 5.41) is 0. The zero-order valence-electron chi connectivity index (χ0n) is 4.13. The van der Waals surface area contributed by atoms with E-state index < -0.39 is 0 Å². The third-order valence-electron chi connectivity index (χ3n) is 0.762. The molecule has 2 radical (unpaired) electrons. The van der Waals surface area contributed by atoms with Crippen molar-refractivity contribution in [2.75, 3.05) is 0 Å². The van der Waals surface area contributed by atoms with Crippen LogP contribution in [-0.2, 0) is 0 Å². The van der Waals surface area contributed by atoms with Gasteiger partial charge in [0.2, 0.25) is 0 Å². The van der Waals surface area contributed by atoms with Crippen molar-refractivity contribution in [1.29, 1.82) is 0 Å². The van der Waals surface area contributed by atoms with E-state index >= 15 is 0 Å². The van der Waals surface area contributed by atoms with Crippen LogP contribution < -0.4 is 0 Å². The lowest BCUT2D eigenvalue weighted by atomic mass is 10.4.